The van der Waals surface area contributed by atoms with E-state index in [1.165, 1.54) is 19.2 Å². The minimum absolute atomic E-state index is 0.00433. The van der Waals surface area contributed by atoms with E-state index >= 15 is 0 Å². The molecule has 0 saturated carbocycles. The zero-order valence-corrected chi connectivity index (χ0v) is 30.0. The molecule has 0 saturated heterocycles. The standard InChI is InChI=1S/C42H44N2O8/c1-24(2)16-18-28-32(51-41(47)30(43)20-26-12-8-6-9-13-26)22-34-37(38(28)45)39(46)36-29(19-17-25(3)4)40(49-5)35(23-33(36)50-34)52-42(48)31(44)21-27-14-10-7-11-15-27/h6-17,22-23,30-31,45H,18-21,43-44H2,1-5H3/t30-,31-/m0/s1. The second kappa shape index (κ2) is 16.5. The van der Waals surface area contributed by atoms with Crippen molar-refractivity contribution in [3.05, 3.63) is 129 Å². The number of hydrogen-bond acceptors (Lipinski definition) is 10. The highest BCUT2D eigenvalue weighted by Gasteiger charge is 2.27. The Morgan fingerprint density at radius 3 is 1.69 bits per heavy atom. The van der Waals surface area contributed by atoms with Crippen molar-refractivity contribution in [2.45, 2.75) is 65.5 Å². The van der Waals surface area contributed by atoms with Crippen molar-refractivity contribution in [2.24, 2.45) is 11.5 Å². The number of allylic oxidation sites excluding steroid dienone is 4. The Bertz CT molecular complexity index is 2210. The van der Waals surface area contributed by atoms with Gasteiger partial charge in [0.25, 0.3) is 0 Å². The third kappa shape index (κ3) is 8.59. The van der Waals surface area contributed by atoms with Gasteiger partial charge in [-0.15, -0.1) is 0 Å². The van der Waals surface area contributed by atoms with Crippen LogP contribution in [0.2, 0.25) is 0 Å². The van der Waals surface area contributed by atoms with Crippen LogP contribution in [-0.2, 0) is 35.3 Å². The topological polar surface area (TPSA) is 164 Å². The van der Waals surface area contributed by atoms with Crippen molar-refractivity contribution in [3.63, 3.8) is 0 Å². The molecule has 1 heterocycles. The molecule has 10 nitrogen and oxygen atoms in total. The van der Waals surface area contributed by atoms with Crippen LogP contribution in [0.15, 0.2) is 105 Å². The summed E-state index contributed by atoms with van der Waals surface area (Å²) in [5, 5.41) is 11.8. The number of phenolic OH excluding ortho intramolecular Hbond substituents is 1. The molecule has 0 amide bonds. The predicted molar refractivity (Wildman–Crippen MR) is 202 cm³/mol. The smallest absolute Gasteiger partial charge is 0.328 e. The molecule has 10 heteroatoms. The van der Waals surface area contributed by atoms with E-state index in [1.807, 2.05) is 101 Å². The number of benzene rings is 4. The van der Waals surface area contributed by atoms with Gasteiger partial charge in [0.2, 0.25) is 5.43 Å². The lowest BCUT2D eigenvalue weighted by molar-refractivity contribution is -0.136. The molecule has 0 unspecified atom stereocenters. The molecule has 5 N–H and O–H groups in total. The zero-order chi connectivity index (χ0) is 37.5. The first-order valence-corrected chi connectivity index (χ1v) is 17.0. The number of nitrogens with two attached hydrogens (primary N) is 2. The molecule has 5 aromatic rings. The molecular weight excluding hydrogens is 660 g/mol. The SMILES string of the molecule is COc1c(OC(=O)[C@@H](N)Cc2ccccc2)cc2oc3cc(OC(=O)[C@@H](N)Cc4ccccc4)c(CC=C(C)C)c(O)c3c(=O)c2c1CC=C(C)C. The summed E-state index contributed by atoms with van der Waals surface area (Å²) in [6.07, 6.45) is 4.59. The van der Waals surface area contributed by atoms with Gasteiger partial charge < -0.3 is 35.2 Å². The van der Waals surface area contributed by atoms with E-state index in [-0.39, 0.29) is 76.2 Å². The van der Waals surface area contributed by atoms with Crippen molar-refractivity contribution in [2.75, 3.05) is 7.11 Å². The van der Waals surface area contributed by atoms with Gasteiger partial charge in [0.1, 0.15) is 40.1 Å². The van der Waals surface area contributed by atoms with E-state index < -0.39 is 29.5 Å². The first-order chi connectivity index (χ1) is 24.9. The molecule has 0 aliphatic heterocycles. The Hall–Kier alpha value is -5.71. The lowest BCUT2D eigenvalue weighted by Crippen LogP contribution is -2.36. The van der Waals surface area contributed by atoms with E-state index in [0.717, 1.165) is 22.3 Å². The van der Waals surface area contributed by atoms with Crippen molar-refractivity contribution in [3.8, 4) is 23.0 Å². The number of hydrogen-bond donors (Lipinski definition) is 3. The fourth-order valence-corrected chi connectivity index (χ4v) is 5.87. The van der Waals surface area contributed by atoms with E-state index in [1.54, 1.807) is 0 Å². The molecule has 0 spiro atoms. The highest BCUT2D eigenvalue weighted by molar-refractivity contribution is 5.98. The minimum Gasteiger partial charge on any atom is -0.507 e. The van der Waals surface area contributed by atoms with Gasteiger partial charge in [-0.1, -0.05) is 84.0 Å². The van der Waals surface area contributed by atoms with Gasteiger partial charge >= 0.3 is 11.9 Å². The van der Waals surface area contributed by atoms with Gasteiger partial charge in [0, 0.05) is 23.3 Å². The maximum Gasteiger partial charge on any atom is 0.328 e. The van der Waals surface area contributed by atoms with E-state index in [9.17, 15) is 19.5 Å². The normalized spacial score (nSPS) is 12.2. The third-order valence-electron chi connectivity index (χ3n) is 8.57. The number of carbonyl (C=O) groups excluding carboxylic acids is 2. The van der Waals surface area contributed by atoms with Gasteiger partial charge in [0.05, 0.1) is 12.5 Å². The quantitative estimate of drug-likeness (QED) is 0.0525. The second-order valence-electron chi connectivity index (χ2n) is 13.2. The van der Waals surface area contributed by atoms with Crippen molar-refractivity contribution >= 4 is 33.9 Å². The summed E-state index contributed by atoms with van der Waals surface area (Å²) >= 11 is 0. The van der Waals surface area contributed by atoms with Crippen LogP contribution in [0.3, 0.4) is 0 Å². The number of phenols is 1. The number of aromatic hydroxyl groups is 1. The van der Waals surface area contributed by atoms with Gasteiger partial charge in [-0.05, 0) is 64.5 Å². The van der Waals surface area contributed by atoms with Crippen LogP contribution in [0.5, 0.6) is 23.0 Å². The van der Waals surface area contributed by atoms with Gasteiger partial charge in [0.15, 0.2) is 11.5 Å². The molecule has 4 aromatic carbocycles. The average molecular weight is 705 g/mol. The van der Waals surface area contributed by atoms with E-state index in [2.05, 4.69) is 0 Å². The zero-order valence-electron chi connectivity index (χ0n) is 30.0. The minimum atomic E-state index is -1.00. The molecule has 0 radical (unpaired) electrons. The largest absolute Gasteiger partial charge is 0.507 e. The average Bonchev–Trinajstić information content (AvgIpc) is 3.10. The molecule has 0 aliphatic carbocycles. The highest BCUT2D eigenvalue weighted by Crippen LogP contribution is 2.42. The lowest BCUT2D eigenvalue weighted by atomic mass is 9.98. The molecule has 52 heavy (non-hydrogen) atoms. The first-order valence-electron chi connectivity index (χ1n) is 17.0. The maximum atomic E-state index is 14.5. The Balaban J connectivity index is 1.65. The Morgan fingerprint density at radius 2 is 1.19 bits per heavy atom. The summed E-state index contributed by atoms with van der Waals surface area (Å²) in [5.41, 5.74) is 16.2. The van der Waals surface area contributed by atoms with Crippen LogP contribution in [-0.4, -0.2) is 36.2 Å². The second-order valence-corrected chi connectivity index (χ2v) is 13.2. The summed E-state index contributed by atoms with van der Waals surface area (Å²) in [6.45, 7) is 7.61. The molecule has 1 aromatic heterocycles. The van der Waals surface area contributed by atoms with Crippen molar-refractivity contribution in [1.29, 1.82) is 0 Å². The van der Waals surface area contributed by atoms with Crippen LogP contribution in [0, 0.1) is 0 Å². The Morgan fingerprint density at radius 1 is 0.731 bits per heavy atom. The highest BCUT2D eigenvalue weighted by atomic mass is 16.6. The van der Waals surface area contributed by atoms with Crippen LogP contribution >= 0.6 is 0 Å². The molecule has 0 aliphatic rings. The van der Waals surface area contributed by atoms with Crippen LogP contribution < -0.4 is 31.1 Å². The monoisotopic (exact) mass is 704 g/mol. The molecule has 0 bridgehead atoms. The molecule has 270 valence electrons. The number of fused-ring (bicyclic) bond motifs is 2. The number of methoxy groups -OCH3 is 1. The lowest BCUT2D eigenvalue weighted by Gasteiger charge is -2.18. The third-order valence-corrected chi connectivity index (χ3v) is 8.57. The fraction of sp³-hybridized carbons (Fsp3) is 0.262. The number of carbonyl (C=O) groups is 2. The fourth-order valence-electron chi connectivity index (χ4n) is 5.87. The first kappa shape index (κ1) is 37.5. The number of esters is 2. The number of rotatable bonds is 13. The van der Waals surface area contributed by atoms with Crippen LogP contribution in [0.25, 0.3) is 21.9 Å². The summed E-state index contributed by atoms with van der Waals surface area (Å²) in [6, 6.07) is 19.4. The summed E-state index contributed by atoms with van der Waals surface area (Å²) in [7, 11) is 1.41. The van der Waals surface area contributed by atoms with Gasteiger partial charge in [-0.25, -0.2) is 9.59 Å². The molecule has 2 atom stereocenters. The van der Waals surface area contributed by atoms with Gasteiger partial charge in [-0.2, -0.15) is 0 Å². The van der Waals surface area contributed by atoms with Crippen LogP contribution in [0.1, 0.15) is 49.9 Å². The van der Waals surface area contributed by atoms with Gasteiger partial charge in [-0.3, -0.25) is 4.79 Å². The summed E-state index contributed by atoms with van der Waals surface area (Å²) in [5.74, 6) is -1.67. The predicted octanol–water partition coefficient (Wildman–Crippen LogP) is 6.63. The number of ether oxygens (including phenoxy) is 3. The molecular formula is C42H44N2O8. The van der Waals surface area contributed by atoms with Crippen molar-refractivity contribution < 1.29 is 33.3 Å². The van der Waals surface area contributed by atoms with E-state index in [0.29, 0.717) is 5.56 Å². The maximum absolute atomic E-state index is 14.5. The summed E-state index contributed by atoms with van der Waals surface area (Å²) in [4.78, 5) is 41.0. The Kier molecular flexibility index (Phi) is 11.9. The van der Waals surface area contributed by atoms with Crippen molar-refractivity contribution in [1.82, 2.24) is 0 Å². The molecule has 5 rings (SSSR count). The van der Waals surface area contributed by atoms with E-state index in [4.69, 9.17) is 30.1 Å². The van der Waals surface area contributed by atoms with Crippen LogP contribution in [0.4, 0.5) is 0 Å². The Labute approximate surface area is 302 Å². The molecule has 0 fully saturated rings. The summed E-state index contributed by atoms with van der Waals surface area (Å²) < 4.78 is 23.7.